The Morgan fingerprint density at radius 3 is 2.71 bits per heavy atom. The molecule has 1 aromatic carbocycles. The molecule has 1 amide bonds. The van der Waals surface area contributed by atoms with Gasteiger partial charge in [0.15, 0.2) is 11.5 Å². The molecule has 34 heavy (non-hydrogen) atoms. The summed E-state index contributed by atoms with van der Waals surface area (Å²) in [6, 6.07) is 3.35. The summed E-state index contributed by atoms with van der Waals surface area (Å²) in [4.78, 5) is 28.5. The summed E-state index contributed by atoms with van der Waals surface area (Å²) in [5.74, 6) is 2.14. The molecular weight excluding hydrogens is 494 g/mol. The van der Waals surface area contributed by atoms with Crippen molar-refractivity contribution in [3.63, 3.8) is 0 Å². The van der Waals surface area contributed by atoms with E-state index < -0.39 is 0 Å². The average Bonchev–Trinajstić information content (AvgIpc) is 2.81. The molecule has 10 heteroatoms. The minimum atomic E-state index is -0.342. The Morgan fingerprint density at radius 1 is 1.29 bits per heavy atom. The molecule has 2 aromatic rings. The summed E-state index contributed by atoms with van der Waals surface area (Å²) in [5, 5.41) is 3.15. The average molecular weight is 524 g/mol. The first kappa shape index (κ1) is 25.3. The molecular formula is C24H30ClN3O4S2. The lowest BCUT2D eigenvalue weighted by Crippen LogP contribution is -2.42. The van der Waals surface area contributed by atoms with Crippen molar-refractivity contribution in [1.82, 2.24) is 14.6 Å². The van der Waals surface area contributed by atoms with Gasteiger partial charge in [-0.2, -0.15) is 0 Å². The highest BCUT2D eigenvalue weighted by atomic mass is 35.5. The number of aryl methyl sites for hydroxylation is 1. The predicted molar refractivity (Wildman–Crippen MR) is 139 cm³/mol. The number of carbonyl (C=O) groups is 1. The van der Waals surface area contributed by atoms with Crippen molar-refractivity contribution in [2.45, 2.75) is 51.2 Å². The lowest BCUT2D eigenvalue weighted by atomic mass is 9.91. The van der Waals surface area contributed by atoms with Crippen LogP contribution in [0.5, 0.6) is 11.5 Å². The summed E-state index contributed by atoms with van der Waals surface area (Å²) in [6.07, 6.45) is 2.01. The Labute approximate surface area is 214 Å². The second kappa shape index (κ2) is 10.8. The zero-order chi connectivity index (χ0) is 24.4. The van der Waals surface area contributed by atoms with E-state index in [-0.39, 0.29) is 24.1 Å². The number of halogens is 1. The Balaban J connectivity index is 1.49. The summed E-state index contributed by atoms with van der Waals surface area (Å²) in [5.41, 5.74) is 1.91. The number of fused-ring (bicyclic) bond motifs is 1. The Bertz CT molecular complexity index is 1130. The number of nitrogens with one attached hydrogen (secondary N) is 2. The highest BCUT2D eigenvalue weighted by Gasteiger charge is 2.34. The van der Waals surface area contributed by atoms with Crippen molar-refractivity contribution in [3.05, 3.63) is 49.9 Å². The van der Waals surface area contributed by atoms with Gasteiger partial charge in [-0.15, -0.1) is 12.6 Å². The van der Waals surface area contributed by atoms with Crippen LogP contribution in [0, 0.1) is 19.8 Å². The SMILES string of the molecule is CCSN1CCC(C2COc3c(Cl)cc(C(=O)NCc4c(S)cc(C)[nH]c4=O)c(C)c3O2)CC1. The number of hydrogen-bond acceptors (Lipinski definition) is 7. The second-order valence-corrected chi connectivity index (χ2v) is 10.9. The van der Waals surface area contributed by atoms with Crippen LogP contribution < -0.4 is 20.3 Å². The van der Waals surface area contributed by atoms with Gasteiger partial charge in [0, 0.05) is 58.6 Å². The number of aromatic nitrogens is 1. The van der Waals surface area contributed by atoms with Gasteiger partial charge in [-0.25, -0.2) is 0 Å². The van der Waals surface area contributed by atoms with Crippen LogP contribution in [0.4, 0.5) is 0 Å². The van der Waals surface area contributed by atoms with Crippen molar-refractivity contribution in [1.29, 1.82) is 0 Å². The van der Waals surface area contributed by atoms with Gasteiger partial charge < -0.3 is 19.8 Å². The highest BCUT2D eigenvalue weighted by Crippen LogP contribution is 2.44. The van der Waals surface area contributed by atoms with Gasteiger partial charge in [0.2, 0.25) is 0 Å². The largest absolute Gasteiger partial charge is 0.484 e. The molecule has 2 N–H and O–H groups in total. The summed E-state index contributed by atoms with van der Waals surface area (Å²) < 4.78 is 14.8. The Kier molecular flexibility index (Phi) is 8.07. The summed E-state index contributed by atoms with van der Waals surface area (Å²) in [6.45, 7) is 8.35. The molecule has 1 unspecified atom stereocenters. The van der Waals surface area contributed by atoms with E-state index in [0.29, 0.717) is 56.3 Å². The molecule has 0 spiro atoms. The molecule has 1 atom stereocenters. The van der Waals surface area contributed by atoms with E-state index >= 15 is 0 Å². The minimum absolute atomic E-state index is 0.0513. The lowest BCUT2D eigenvalue weighted by Gasteiger charge is -2.38. The Morgan fingerprint density at radius 2 is 2.03 bits per heavy atom. The fraction of sp³-hybridized carbons (Fsp3) is 0.500. The van der Waals surface area contributed by atoms with Crippen LogP contribution in [0.25, 0.3) is 0 Å². The van der Waals surface area contributed by atoms with Crippen molar-refractivity contribution in [2.75, 3.05) is 25.4 Å². The van der Waals surface area contributed by atoms with Gasteiger partial charge in [-0.1, -0.05) is 30.5 Å². The molecule has 0 aliphatic carbocycles. The van der Waals surface area contributed by atoms with Crippen molar-refractivity contribution in [2.24, 2.45) is 5.92 Å². The van der Waals surface area contributed by atoms with Gasteiger partial charge in [0.05, 0.1) is 5.02 Å². The van der Waals surface area contributed by atoms with Crippen LogP contribution in [0.2, 0.25) is 5.02 Å². The van der Waals surface area contributed by atoms with Gasteiger partial charge in [0.25, 0.3) is 11.5 Å². The molecule has 1 fully saturated rings. The van der Waals surface area contributed by atoms with E-state index in [1.807, 2.05) is 18.9 Å². The number of aromatic amines is 1. The van der Waals surface area contributed by atoms with Crippen LogP contribution in [-0.2, 0) is 6.54 Å². The number of H-pyrrole nitrogens is 1. The maximum atomic E-state index is 13.0. The number of piperidine rings is 1. The molecule has 2 aliphatic heterocycles. The smallest absolute Gasteiger partial charge is 0.254 e. The zero-order valence-electron chi connectivity index (χ0n) is 19.6. The van der Waals surface area contributed by atoms with Crippen molar-refractivity contribution < 1.29 is 14.3 Å². The third-order valence-corrected chi connectivity index (χ3v) is 8.02. The van der Waals surface area contributed by atoms with E-state index in [9.17, 15) is 9.59 Å². The van der Waals surface area contributed by atoms with Crippen LogP contribution in [0.1, 0.15) is 46.9 Å². The van der Waals surface area contributed by atoms with Crippen LogP contribution in [-0.4, -0.2) is 46.7 Å². The van der Waals surface area contributed by atoms with E-state index in [1.165, 1.54) is 0 Å². The fourth-order valence-corrected chi connectivity index (χ4v) is 5.95. The monoisotopic (exact) mass is 523 g/mol. The Hall–Kier alpha value is -1.81. The number of amides is 1. The third kappa shape index (κ3) is 5.37. The normalized spacial score (nSPS) is 18.7. The predicted octanol–water partition coefficient (Wildman–Crippen LogP) is 4.38. The molecule has 0 bridgehead atoms. The van der Waals surface area contributed by atoms with Gasteiger partial charge in [0.1, 0.15) is 12.7 Å². The van der Waals surface area contributed by atoms with Gasteiger partial charge >= 0.3 is 0 Å². The third-order valence-electron chi connectivity index (χ3n) is 6.35. The number of hydrogen-bond donors (Lipinski definition) is 3. The summed E-state index contributed by atoms with van der Waals surface area (Å²) >= 11 is 12.7. The van der Waals surface area contributed by atoms with Crippen molar-refractivity contribution >= 4 is 42.1 Å². The topological polar surface area (TPSA) is 83.7 Å². The fourth-order valence-electron chi connectivity index (χ4n) is 4.49. The van der Waals surface area contributed by atoms with E-state index in [4.69, 9.17) is 21.1 Å². The zero-order valence-corrected chi connectivity index (χ0v) is 22.0. The lowest BCUT2D eigenvalue weighted by molar-refractivity contribution is 0.0299. The minimum Gasteiger partial charge on any atom is -0.484 e. The maximum Gasteiger partial charge on any atom is 0.254 e. The van der Waals surface area contributed by atoms with Gasteiger partial charge in [-0.3, -0.25) is 13.9 Å². The standard InChI is InChI=1S/C24H30ClN3O4S2/c1-4-34-28-7-5-15(6-8-28)19-12-31-22-18(25)10-16(14(3)21(22)32-19)23(29)26-11-17-20(33)9-13(2)27-24(17)30/h9-10,15,19H,4-8,11-12H2,1-3H3,(H,26,29)(H2,27,30,33). The molecule has 0 radical (unpaired) electrons. The van der Waals surface area contributed by atoms with Crippen LogP contribution in [0.15, 0.2) is 21.8 Å². The number of ether oxygens (including phenoxy) is 2. The molecule has 184 valence electrons. The molecule has 7 nitrogen and oxygen atoms in total. The van der Waals surface area contributed by atoms with Crippen molar-refractivity contribution in [3.8, 4) is 11.5 Å². The molecule has 1 saturated heterocycles. The first-order valence-electron chi connectivity index (χ1n) is 11.5. The quantitative estimate of drug-likeness (QED) is 0.385. The first-order chi connectivity index (χ1) is 16.3. The number of nitrogens with zero attached hydrogens (tertiary/aromatic N) is 1. The molecule has 2 aliphatic rings. The van der Waals surface area contributed by atoms with E-state index in [2.05, 4.69) is 34.2 Å². The molecule has 4 rings (SSSR count). The first-order valence-corrected chi connectivity index (χ1v) is 13.3. The van der Waals surface area contributed by atoms with E-state index in [0.717, 1.165) is 31.7 Å². The second-order valence-electron chi connectivity index (χ2n) is 8.67. The number of carbonyl (C=O) groups excluding carboxylic acids is 1. The molecule has 3 heterocycles. The highest BCUT2D eigenvalue weighted by molar-refractivity contribution is 7.96. The number of thiol groups is 1. The van der Waals surface area contributed by atoms with Crippen LogP contribution in [0.3, 0.4) is 0 Å². The molecule has 0 saturated carbocycles. The number of benzene rings is 1. The number of pyridine rings is 1. The number of rotatable bonds is 6. The maximum absolute atomic E-state index is 13.0. The van der Waals surface area contributed by atoms with Crippen LogP contribution >= 0.6 is 36.2 Å². The molecule has 1 aromatic heterocycles. The van der Waals surface area contributed by atoms with E-state index in [1.54, 1.807) is 19.1 Å². The van der Waals surface area contributed by atoms with Gasteiger partial charge in [-0.05, 0) is 38.8 Å². The summed E-state index contributed by atoms with van der Waals surface area (Å²) in [7, 11) is 0.